The average molecular weight is 444 g/mol. The monoisotopic (exact) mass is 443 g/mol. The van der Waals surface area contributed by atoms with Crippen molar-refractivity contribution >= 4 is 28.4 Å². The molecule has 3 aromatic heterocycles. The summed E-state index contributed by atoms with van der Waals surface area (Å²) in [6.45, 7) is 6.06. The van der Waals surface area contributed by atoms with Crippen LogP contribution >= 0.6 is 0 Å². The highest BCUT2D eigenvalue weighted by Crippen LogP contribution is 2.28. The van der Waals surface area contributed by atoms with Gasteiger partial charge >= 0.3 is 0 Å². The van der Waals surface area contributed by atoms with Gasteiger partial charge in [0.05, 0.1) is 23.1 Å². The van der Waals surface area contributed by atoms with E-state index in [0.29, 0.717) is 18.7 Å². The van der Waals surface area contributed by atoms with E-state index in [-0.39, 0.29) is 17.9 Å². The first-order chi connectivity index (χ1) is 16.1. The van der Waals surface area contributed by atoms with Gasteiger partial charge in [-0.2, -0.15) is 0 Å². The van der Waals surface area contributed by atoms with Gasteiger partial charge < -0.3 is 19.4 Å². The fourth-order valence-electron chi connectivity index (χ4n) is 4.50. The van der Waals surface area contributed by atoms with Crippen LogP contribution in [-0.2, 0) is 11.3 Å². The molecule has 7 nitrogen and oxygen atoms in total. The third-order valence-corrected chi connectivity index (χ3v) is 6.07. The van der Waals surface area contributed by atoms with Gasteiger partial charge in [0.25, 0.3) is 0 Å². The number of hydrogen-bond donors (Lipinski definition) is 1. The van der Waals surface area contributed by atoms with Gasteiger partial charge in [-0.15, -0.1) is 0 Å². The number of fused-ring (bicyclic) bond motifs is 3. The number of piperidine rings is 1. The van der Waals surface area contributed by atoms with Crippen LogP contribution in [0, 0.1) is 5.92 Å². The molecule has 7 heteroatoms. The first-order valence-corrected chi connectivity index (χ1v) is 11.6. The second-order valence-corrected chi connectivity index (χ2v) is 8.86. The number of nitrogens with zero attached hydrogens (tertiary/aromatic N) is 4. The van der Waals surface area contributed by atoms with E-state index in [0.717, 1.165) is 47.6 Å². The molecular formula is C26H29N5O2. The van der Waals surface area contributed by atoms with Crippen molar-refractivity contribution in [2.75, 3.05) is 18.0 Å². The standard InChI is InChI=1S/C26H29N5O2/c1-18(2)33-21-11-9-19(10-12-21)16-28-26(32)20-6-4-14-30(17-20)25-23-8-5-15-31(23)22-7-3-13-27-24(22)29-25/h3,5,7-13,15,18,20H,4,6,14,16-17H2,1-2H3,(H,28,32)/t20-/m0/s1. The fourth-order valence-corrected chi connectivity index (χ4v) is 4.50. The van der Waals surface area contributed by atoms with Gasteiger partial charge in [0.1, 0.15) is 5.75 Å². The summed E-state index contributed by atoms with van der Waals surface area (Å²) >= 11 is 0. The molecule has 0 radical (unpaired) electrons. The number of hydrogen-bond acceptors (Lipinski definition) is 5. The first-order valence-electron chi connectivity index (χ1n) is 11.6. The molecular weight excluding hydrogens is 414 g/mol. The van der Waals surface area contributed by atoms with Gasteiger partial charge in [-0.05, 0) is 68.7 Å². The second-order valence-electron chi connectivity index (χ2n) is 8.86. The number of aromatic nitrogens is 3. The highest BCUT2D eigenvalue weighted by atomic mass is 16.5. The summed E-state index contributed by atoms with van der Waals surface area (Å²) < 4.78 is 7.82. The molecule has 5 rings (SSSR count). The van der Waals surface area contributed by atoms with Crippen LogP contribution in [0.2, 0.25) is 0 Å². The van der Waals surface area contributed by atoms with E-state index in [2.05, 4.69) is 25.7 Å². The summed E-state index contributed by atoms with van der Waals surface area (Å²) in [5.41, 5.74) is 3.80. The normalized spacial score (nSPS) is 16.5. The summed E-state index contributed by atoms with van der Waals surface area (Å²) in [5.74, 6) is 1.76. The molecule has 33 heavy (non-hydrogen) atoms. The van der Waals surface area contributed by atoms with Crippen molar-refractivity contribution in [1.82, 2.24) is 19.7 Å². The van der Waals surface area contributed by atoms with Crippen LogP contribution in [0.15, 0.2) is 60.9 Å². The SMILES string of the molecule is CC(C)Oc1ccc(CNC(=O)[C@H]2CCCN(c3nc4ncccc4n4cccc34)C2)cc1. The smallest absolute Gasteiger partial charge is 0.225 e. The Hall–Kier alpha value is -3.61. The van der Waals surface area contributed by atoms with Crippen molar-refractivity contribution < 1.29 is 9.53 Å². The number of nitrogens with one attached hydrogen (secondary N) is 1. The van der Waals surface area contributed by atoms with E-state index in [4.69, 9.17) is 9.72 Å². The number of anilines is 1. The van der Waals surface area contributed by atoms with Crippen molar-refractivity contribution in [2.45, 2.75) is 39.3 Å². The minimum absolute atomic E-state index is 0.0708. The Labute approximate surface area is 193 Å². The lowest BCUT2D eigenvalue weighted by Crippen LogP contribution is -2.43. The van der Waals surface area contributed by atoms with E-state index in [1.54, 1.807) is 6.20 Å². The molecule has 1 atom stereocenters. The van der Waals surface area contributed by atoms with Crippen molar-refractivity contribution in [3.05, 3.63) is 66.5 Å². The predicted molar refractivity (Wildman–Crippen MR) is 129 cm³/mol. The van der Waals surface area contributed by atoms with Crippen LogP contribution in [-0.4, -0.2) is 39.5 Å². The highest BCUT2D eigenvalue weighted by Gasteiger charge is 2.28. The third-order valence-electron chi connectivity index (χ3n) is 6.07. The first kappa shape index (κ1) is 21.2. The number of ether oxygens (including phenoxy) is 1. The number of carbonyl (C=O) groups excluding carboxylic acids is 1. The van der Waals surface area contributed by atoms with Crippen molar-refractivity contribution in [3.63, 3.8) is 0 Å². The molecule has 0 bridgehead atoms. The molecule has 4 heterocycles. The zero-order valence-electron chi connectivity index (χ0n) is 19.1. The molecule has 4 aromatic rings. The number of carbonyl (C=O) groups is 1. The lowest BCUT2D eigenvalue weighted by molar-refractivity contribution is -0.125. The van der Waals surface area contributed by atoms with Crippen molar-refractivity contribution in [2.24, 2.45) is 5.92 Å². The molecule has 1 fully saturated rings. The Balaban J connectivity index is 1.28. The molecule has 1 aromatic carbocycles. The topological polar surface area (TPSA) is 71.8 Å². The molecule has 0 saturated carbocycles. The summed E-state index contributed by atoms with van der Waals surface area (Å²) in [6.07, 6.45) is 5.78. The molecule has 0 spiro atoms. The van der Waals surface area contributed by atoms with Gasteiger partial charge in [-0.25, -0.2) is 9.97 Å². The molecule has 1 N–H and O–H groups in total. The minimum Gasteiger partial charge on any atom is -0.491 e. The van der Waals surface area contributed by atoms with Crippen LogP contribution in [0.4, 0.5) is 5.82 Å². The quantitative estimate of drug-likeness (QED) is 0.484. The maximum absolute atomic E-state index is 13.0. The summed E-state index contributed by atoms with van der Waals surface area (Å²) in [4.78, 5) is 24.5. The molecule has 0 unspecified atom stereocenters. The van der Waals surface area contributed by atoms with E-state index in [1.807, 2.05) is 62.5 Å². The third kappa shape index (κ3) is 4.49. The molecule has 0 aliphatic carbocycles. The van der Waals surface area contributed by atoms with Crippen LogP contribution in [0.25, 0.3) is 16.7 Å². The Morgan fingerprint density at radius 2 is 1.97 bits per heavy atom. The zero-order valence-corrected chi connectivity index (χ0v) is 19.1. The maximum Gasteiger partial charge on any atom is 0.225 e. The Bertz CT molecular complexity index is 1260. The fraction of sp³-hybridized carbons (Fsp3) is 0.346. The van der Waals surface area contributed by atoms with Gasteiger partial charge in [-0.1, -0.05) is 12.1 Å². The van der Waals surface area contributed by atoms with Gasteiger partial charge in [-0.3, -0.25) is 4.79 Å². The van der Waals surface area contributed by atoms with E-state index >= 15 is 0 Å². The molecule has 1 aliphatic rings. The lowest BCUT2D eigenvalue weighted by Gasteiger charge is -2.33. The van der Waals surface area contributed by atoms with Gasteiger partial charge in [0.15, 0.2) is 11.5 Å². The zero-order chi connectivity index (χ0) is 22.8. The number of pyridine rings is 1. The number of amides is 1. The summed E-state index contributed by atoms with van der Waals surface area (Å²) in [6, 6.07) is 16.0. The van der Waals surface area contributed by atoms with Crippen molar-refractivity contribution in [1.29, 1.82) is 0 Å². The Morgan fingerprint density at radius 3 is 2.79 bits per heavy atom. The van der Waals surface area contributed by atoms with E-state index < -0.39 is 0 Å². The molecule has 1 saturated heterocycles. The minimum atomic E-state index is -0.0708. The van der Waals surface area contributed by atoms with Crippen LogP contribution in [0.1, 0.15) is 32.3 Å². The van der Waals surface area contributed by atoms with Crippen LogP contribution in [0.3, 0.4) is 0 Å². The predicted octanol–water partition coefficient (Wildman–Crippen LogP) is 4.20. The van der Waals surface area contributed by atoms with Crippen LogP contribution < -0.4 is 15.0 Å². The molecule has 1 amide bonds. The van der Waals surface area contributed by atoms with E-state index in [1.165, 1.54) is 0 Å². The highest BCUT2D eigenvalue weighted by molar-refractivity contribution is 5.84. The molecule has 1 aliphatic heterocycles. The summed E-state index contributed by atoms with van der Waals surface area (Å²) in [7, 11) is 0. The Morgan fingerprint density at radius 1 is 1.15 bits per heavy atom. The lowest BCUT2D eigenvalue weighted by atomic mass is 9.97. The summed E-state index contributed by atoms with van der Waals surface area (Å²) in [5, 5.41) is 3.12. The number of benzene rings is 1. The average Bonchev–Trinajstić information content (AvgIpc) is 3.33. The molecule has 170 valence electrons. The van der Waals surface area contributed by atoms with Crippen molar-refractivity contribution in [3.8, 4) is 5.75 Å². The van der Waals surface area contributed by atoms with E-state index in [9.17, 15) is 4.79 Å². The number of rotatable bonds is 6. The largest absolute Gasteiger partial charge is 0.491 e. The van der Waals surface area contributed by atoms with Crippen LogP contribution in [0.5, 0.6) is 5.75 Å². The Kier molecular flexibility index (Phi) is 5.86. The van der Waals surface area contributed by atoms with Gasteiger partial charge in [0.2, 0.25) is 5.91 Å². The van der Waals surface area contributed by atoms with Gasteiger partial charge in [0, 0.05) is 32.0 Å². The maximum atomic E-state index is 13.0. The second kappa shape index (κ2) is 9.10.